The Hall–Kier alpha value is -3.54. The normalized spacial score (nSPS) is 14.3. The molecular weight excluding hydrogens is 354 g/mol. The lowest BCUT2D eigenvalue weighted by Gasteiger charge is -2.22. The van der Waals surface area contributed by atoms with Gasteiger partial charge in [-0.15, -0.1) is 0 Å². The van der Waals surface area contributed by atoms with E-state index < -0.39 is 23.8 Å². The van der Waals surface area contributed by atoms with Gasteiger partial charge in [0.05, 0.1) is 22.3 Å². The topological polar surface area (TPSA) is 79.4 Å². The van der Waals surface area contributed by atoms with Crippen molar-refractivity contribution in [3.05, 3.63) is 70.9 Å². The summed E-state index contributed by atoms with van der Waals surface area (Å²) in [6.07, 6.45) is 0. The number of hydrogen-bond acceptors (Lipinski definition) is 4. The van der Waals surface area contributed by atoms with Crippen LogP contribution in [0.5, 0.6) is 0 Å². The van der Waals surface area contributed by atoms with E-state index in [9.17, 15) is 14.4 Å². The molecule has 140 valence electrons. The molecule has 28 heavy (non-hydrogen) atoms. The highest BCUT2D eigenvalue weighted by molar-refractivity contribution is 6.23. The average molecular weight is 373 g/mol. The zero-order valence-corrected chi connectivity index (χ0v) is 15.8. The molecule has 0 spiro atoms. The lowest BCUT2D eigenvalue weighted by molar-refractivity contribution is -0.119. The molecule has 1 aliphatic heterocycles. The summed E-state index contributed by atoms with van der Waals surface area (Å²) >= 11 is 0. The van der Waals surface area contributed by atoms with Gasteiger partial charge in [-0.25, -0.2) is 0 Å². The van der Waals surface area contributed by atoms with Crippen molar-refractivity contribution in [2.24, 2.45) is 0 Å². The molecule has 4 rings (SSSR count). The summed E-state index contributed by atoms with van der Waals surface area (Å²) in [5, 5.41) is 3.78. The molecule has 2 heterocycles. The summed E-state index contributed by atoms with van der Waals surface area (Å²) in [4.78, 5) is 43.7. The second kappa shape index (κ2) is 6.56. The Morgan fingerprint density at radius 2 is 1.64 bits per heavy atom. The highest BCUT2D eigenvalue weighted by Gasteiger charge is 2.40. The minimum Gasteiger partial charge on any atom is -0.322 e. The zero-order valence-electron chi connectivity index (χ0n) is 15.8. The van der Waals surface area contributed by atoms with Crippen molar-refractivity contribution >= 4 is 34.3 Å². The second-order valence-corrected chi connectivity index (χ2v) is 6.97. The molecule has 0 aliphatic carbocycles. The van der Waals surface area contributed by atoms with Gasteiger partial charge in [0, 0.05) is 11.1 Å². The zero-order chi connectivity index (χ0) is 20.0. The lowest BCUT2D eigenvalue weighted by atomic mass is 10.1. The first-order chi connectivity index (χ1) is 13.4. The predicted molar refractivity (Wildman–Crippen MR) is 106 cm³/mol. The number of fused-ring (bicyclic) bond motifs is 2. The quantitative estimate of drug-likeness (QED) is 0.713. The van der Waals surface area contributed by atoms with Crippen LogP contribution in [0.25, 0.3) is 10.9 Å². The van der Waals surface area contributed by atoms with Crippen LogP contribution in [0.1, 0.15) is 38.9 Å². The maximum absolute atomic E-state index is 12.9. The number of anilines is 1. The molecule has 1 aliphatic rings. The highest BCUT2D eigenvalue weighted by atomic mass is 16.2. The van der Waals surface area contributed by atoms with E-state index in [0.717, 1.165) is 21.5 Å². The van der Waals surface area contributed by atoms with Crippen LogP contribution in [0.3, 0.4) is 0 Å². The van der Waals surface area contributed by atoms with E-state index in [1.165, 1.54) is 0 Å². The third-order valence-corrected chi connectivity index (χ3v) is 5.02. The first-order valence-corrected chi connectivity index (χ1v) is 9.03. The Morgan fingerprint density at radius 3 is 2.29 bits per heavy atom. The van der Waals surface area contributed by atoms with Crippen LogP contribution in [0, 0.1) is 13.8 Å². The van der Waals surface area contributed by atoms with Crippen LogP contribution >= 0.6 is 0 Å². The minimum atomic E-state index is -0.950. The number of amides is 3. The maximum Gasteiger partial charge on any atom is 0.262 e. The summed E-state index contributed by atoms with van der Waals surface area (Å²) in [6, 6.07) is 13.2. The summed E-state index contributed by atoms with van der Waals surface area (Å²) in [7, 11) is 0. The van der Waals surface area contributed by atoms with Gasteiger partial charge in [0.25, 0.3) is 11.8 Å². The molecule has 1 aromatic heterocycles. The van der Waals surface area contributed by atoms with E-state index in [-0.39, 0.29) is 0 Å². The number of aryl methyl sites for hydroxylation is 2. The van der Waals surface area contributed by atoms with Crippen molar-refractivity contribution in [1.29, 1.82) is 0 Å². The van der Waals surface area contributed by atoms with E-state index in [1.807, 2.05) is 32.0 Å². The van der Waals surface area contributed by atoms with Crippen LogP contribution in [-0.4, -0.2) is 33.6 Å². The first-order valence-electron chi connectivity index (χ1n) is 9.03. The summed E-state index contributed by atoms with van der Waals surface area (Å²) in [6.45, 7) is 5.43. The molecule has 1 N–H and O–H groups in total. The molecule has 1 unspecified atom stereocenters. The molecule has 0 bridgehead atoms. The number of rotatable bonds is 3. The fourth-order valence-corrected chi connectivity index (χ4v) is 3.60. The number of carbonyl (C=O) groups excluding carboxylic acids is 3. The Bertz CT molecular complexity index is 1120. The second-order valence-electron chi connectivity index (χ2n) is 6.97. The van der Waals surface area contributed by atoms with Gasteiger partial charge < -0.3 is 5.32 Å². The van der Waals surface area contributed by atoms with Crippen molar-refractivity contribution in [3.8, 4) is 0 Å². The van der Waals surface area contributed by atoms with Gasteiger partial charge in [-0.2, -0.15) is 0 Å². The number of benzene rings is 2. The number of hydrogen-bond donors (Lipinski definition) is 1. The van der Waals surface area contributed by atoms with Gasteiger partial charge in [-0.1, -0.05) is 24.3 Å². The molecule has 0 saturated heterocycles. The third-order valence-electron chi connectivity index (χ3n) is 5.02. The standard InChI is InChI=1S/C22H19N3O3/c1-12-11-13(2)23-19-15(12)9-6-10-18(19)24-20(26)14(3)25-21(27)16-7-4-5-8-17(16)22(25)28/h4-11,14H,1-3H3,(H,24,26). The summed E-state index contributed by atoms with van der Waals surface area (Å²) < 4.78 is 0. The number of pyridine rings is 1. The molecular formula is C22H19N3O3. The molecule has 3 aromatic rings. The first kappa shape index (κ1) is 17.9. The van der Waals surface area contributed by atoms with Crippen LogP contribution < -0.4 is 5.32 Å². The van der Waals surface area contributed by atoms with Gasteiger partial charge in [-0.05, 0) is 50.6 Å². The van der Waals surface area contributed by atoms with E-state index in [0.29, 0.717) is 22.3 Å². The maximum atomic E-state index is 12.9. The smallest absolute Gasteiger partial charge is 0.262 e. The third kappa shape index (κ3) is 2.74. The largest absolute Gasteiger partial charge is 0.322 e. The average Bonchev–Trinajstić information content (AvgIpc) is 2.93. The molecule has 0 fully saturated rings. The lowest BCUT2D eigenvalue weighted by Crippen LogP contribution is -2.45. The Labute approximate surface area is 162 Å². The number of aromatic nitrogens is 1. The number of nitrogens with zero attached hydrogens (tertiary/aromatic N) is 2. The van der Waals surface area contributed by atoms with Crippen LogP contribution in [-0.2, 0) is 4.79 Å². The van der Waals surface area contributed by atoms with Crippen molar-refractivity contribution in [2.75, 3.05) is 5.32 Å². The van der Waals surface area contributed by atoms with Crippen molar-refractivity contribution in [2.45, 2.75) is 26.8 Å². The van der Waals surface area contributed by atoms with Gasteiger partial charge in [0.15, 0.2) is 0 Å². The number of nitrogens with one attached hydrogen (secondary N) is 1. The van der Waals surface area contributed by atoms with Crippen molar-refractivity contribution < 1.29 is 14.4 Å². The van der Waals surface area contributed by atoms with E-state index in [4.69, 9.17) is 0 Å². The Balaban J connectivity index is 1.64. The minimum absolute atomic E-state index is 0.324. The predicted octanol–water partition coefficient (Wildman–Crippen LogP) is 3.47. The van der Waals surface area contributed by atoms with E-state index >= 15 is 0 Å². The number of imide groups is 1. The van der Waals surface area contributed by atoms with Crippen molar-refractivity contribution in [1.82, 2.24) is 9.88 Å². The Morgan fingerprint density at radius 1 is 1.00 bits per heavy atom. The molecule has 6 heteroatoms. The van der Waals surface area contributed by atoms with Crippen LogP contribution in [0.15, 0.2) is 48.5 Å². The Kier molecular flexibility index (Phi) is 4.19. The van der Waals surface area contributed by atoms with Gasteiger partial charge >= 0.3 is 0 Å². The summed E-state index contributed by atoms with van der Waals surface area (Å²) in [5.74, 6) is -1.35. The van der Waals surface area contributed by atoms with Gasteiger partial charge in [-0.3, -0.25) is 24.3 Å². The molecule has 0 radical (unpaired) electrons. The van der Waals surface area contributed by atoms with Crippen molar-refractivity contribution in [3.63, 3.8) is 0 Å². The SMILES string of the molecule is Cc1cc(C)c2cccc(NC(=O)C(C)N3C(=O)c4ccccc4C3=O)c2n1. The molecule has 6 nitrogen and oxygen atoms in total. The van der Waals surface area contributed by atoms with Crippen LogP contribution in [0.2, 0.25) is 0 Å². The fourth-order valence-electron chi connectivity index (χ4n) is 3.60. The highest BCUT2D eigenvalue weighted by Crippen LogP contribution is 2.27. The van der Waals surface area contributed by atoms with Gasteiger partial charge in [0.1, 0.15) is 6.04 Å². The summed E-state index contributed by atoms with van der Waals surface area (Å²) in [5.41, 5.74) is 3.79. The molecule has 3 amide bonds. The molecule has 0 saturated carbocycles. The fraction of sp³-hybridized carbons (Fsp3) is 0.182. The molecule has 1 atom stereocenters. The van der Waals surface area contributed by atoms with Crippen LogP contribution in [0.4, 0.5) is 5.69 Å². The van der Waals surface area contributed by atoms with Gasteiger partial charge in [0.2, 0.25) is 5.91 Å². The van der Waals surface area contributed by atoms with E-state index in [2.05, 4.69) is 10.3 Å². The van der Waals surface area contributed by atoms with E-state index in [1.54, 1.807) is 37.3 Å². The number of carbonyl (C=O) groups is 3. The number of para-hydroxylation sites is 1. The monoisotopic (exact) mass is 373 g/mol. The molecule has 2 aromatic carbocycles.